The molecule has 88 valence electrons. The van der Waals surface area contributed by atoms with Crippen molar-refractivity contribution in [2.24, 2.45) is 0 Å². The van der Waals surface area contributed by atoms with Gasteiger partial charge in [-0.3, -0.25) is 0 Å². The average molecular weight is 248 g/mol. The minimum absolute atomic E-state index is 0.762. The fraction of sp³-hybridized carbons (Fsp3) is 0.154. The third-order valence-corrected chi connectivity index (χ3v) is 2.88. The second-order valence-corrected chi connectivity index (χ2v) is 4.18. The van der Waals surface area contributed by atoms with Crippen LogP contribution in [0, 0.1) is 6.92 Å². The SMILES string of the molecule is CNc1cc(Nc2ccc(C)c(Cl)c2)ccn1. The maximum Gasteiger partial charge on any atom is 0.127 e. The summed E-state index contributed by atoms with van der Waals surface area (Å²) in [4.78, 5) is 4.15. The molecule has 0 saturated heterocycles. The van der Waals surface area contributed by atoms with Crippen molar-refractivity contribution in [1.82, 2.24) is 4.98 Å². The Bertz CT molecular complexity index is 526. The van der Waals surface area contributed by atoms with Gasteiger partial charge in [0.1, 0.15) is 5.82 Å². The van der Waals surface area contributed by atoms with Crippen molar-refractivity contribution in [3.8, 4) is 0 Å². The molecule has 0 aliphatic carbocycles. The Labute approximate surface area is 106 Å². The standard InChI is InChI=1S/C13H14ClN3/c1-9-3-4-10(7-12(9)14)17-11-5-6-16-13(8-11)15-2/h3-8H,1-2H3,(H2,15,16,17). The minimum Gasteiger partial charge on any atom is -0.373 e. The van der Waals surface area contributed by atoms with Crippen LogP contribution in [0.5, 0.6) is 0 Å². The highest BCUT2D eigenvalue weighted by molar-refractivity contribution is 6.31. The molecule has 1 heterocycles. The summed E-state index contributed by atoms with van der Waals surface area (Å²) in [6.45, 7) is 1.98. The molecule has 0 aliphatic rings. The topological polar surface area (TPSA) is 37.0 Å². The van der Waals surface area contributed by atoms with E-state index < -0.39 is 0 Å². The Hall–Kier alpha value is -1.74. The highest BCUT2D eigenvalue weighted by Crippen LogP contribution is 2.23. The predicted octanol–water partition coefficient (Wildman–Crippen LogP) is 3.83. The first-order valence-corrected chi connectivity index (χ1v) is 5.74. The number of aromatic nitrogens is 1. The van der Waals surface area contributed by atoms with E-state index >= 15 is 0 Å². The van der Waals surface area contributed by atoms with Crippen LogP contribution in [0.2, 0.25) is 5.02 Å². The second kappa shape index (κ2) is 5.06. The molecule has 0 aliphatic heterocycles. The van der Waals surface area contributed by atoms with Gasteiger partial charge in [0.15, 0.2) is 0 Å². The molecule has 0 fully saturated rings. The van der Waals surface area contributed by atoms with E-state index in [1.54, 1.807) is 6.20 Å². The maximum absolute atomic E-state index is 6.07. The van der Waals surface area contributed by atoms with E-state index in [4.69, 9.17) is 11.6 Å². The highest BCUT2D eigenvalue weighted by atomic mass is 35.5. The van der Waals surface area contributed by atoms with Crippen LogP contribution in [-0.4, -0.2) is 12.0 Å². The molecular weight excluding hydrogens is 234 g/mol. The van der Waals surface area contributed by atoms with Crippen LogP contribution in [0.25, 0.3) is 0 Å². The molecule has 3 nitrogen and oxygen atoms in total. The smallest absolute Gasteiger partial charge is 0.127 e. The number of hydrogen-bond donors (Lipinski definition) is 2. The molecule has 0 saturated carbocycles. The Morgan fingerprint density at radius 3 is 2.59 bits per heavy atom. The zero-order valence-corrected chi connectivity index (χ0v) is 10.5. The molecule has 0 radical (unpaired) electrons. The van der Waals surface area contributed by atoms with Crippen molar-refractivity contribution in [1.29, 1.82) is 0 Å². The zero-order valence-electron chi connectivity index (χ0n) is 9.79. The van der Waals surface area contributed by atoms with Gasteiger partial charge in [-0.15, -0.1) is 0 Å². The van der Waals surface area contributed by atoms with E-state index in [9.17, 15) is 0 Å². The van der Waals surface area contributed by atoms with E-state index in [-0.39, 0.29) is 0 Å². The molecule has 2 rings (SSSR count). The van der Waals surface area contributed by atoms with E-state index in [1.807, 2.05) is 44.3 Å². The zero-order chi connectivity index (χ0) is 12.3. The van der Waals surface area contributed by atoms with Crippen LogP contribution in [-0.2, 0) is 0 Å². The lowest BCUT2D eigenvalue weighted by Crippen LogP contribution is -1.95. The number of nitrogens with zero attached hydrogens (tertiary/aromatic N) is 1. The van der Waals surface area contributed by atoms with Gasteiger partial charge in [-0.05, 0) is 30.7 Å². The van der Waals surface area contributed by atoms with E-state index in [1.165, 1.54) is 0 Å². The van der Waals surface area contributed by atoms with Gasteiger partial charge in [0.25, 0.3) is 0 Å². The number of anilines is 3. The van der Waals surface area contributed by atoms with Gasteiger partial charge >= 0.3 is 0 Å². The number of nitrogens with one attached hydrogen (secondary N) is 2. The third kappa shape index (κ3) is 2.88. The largest absolute Gasteiger partial charge is 0.373 e. The lowest BCUT2D eigenvalue weighted by atomic mass is 10.2. The first-order valence-electron chi connectivity index (χ1n) is 5.36. The third-order valence-electron chi connectivity index (χ3n) is 2.48. The normalized spacial score (nSPS) is 10.1. The van der Waals surface area contributed by atoms with Gasteiger partial charge in [-0.1, -0.05) is 17.7 Å². The highest BCUT2D eigenvalue weighted by Gasteiger charge is 1.99. The molecule has 0 unspecified atom stereocenters. The van der Waals surface area contributed by atoms with Crippen LogP contribution in [0.1, 0.15) is 5.56 Å². The van der Waals surface area contributed by atoms with Crippen LogP contribution in [0.15, 0.2) is 36.5 Å². The van der Waals surface area contributed by atoms with Crippen LogP contribution in [0.3, 0.4) is 0 Å². The van der Waals surface area contributed by atoms with Gasteiger partial charge in [0.05, 0.1) is 0 Å². The molecule has 0 spiro atoms. The molecule has 17 heavy (non-hydrogen) atoms. The van der Waals surface area contributed by atoms with Gasteiger partial charge in [0.2, 0.25) is 0 Å². The van der Waals surface area contributed by atoms with Crippen molar-refractivity contribution in [3.63, 3.8) is 0 Å². The number of rotatable bonds is 3. The minimum atomic E-state index is 0.762. The first-order chi connectivity index (χ1) is 8.19. The maximum atomic E-state index is 6.07. The predicted molar refractivity (Wildman–Crippen MR) is 73.3 cm³/mol. The summed E-state index contributed by atoms with van der Waals surface area (Å²) in [6, 6.07) is 9.75. The summed E-state index contributed by atoms with van der Waals surface area (Å²) < 4.78 is 0. The van der Waals surface area contributed by atoms with Crippen molar-refractivity contribution >= 4 is 28.8 Å². The molecule has 1 aromatic heterocycles. The van der Waals surface area contributed by atoms with Crippen molar-refractivity contribution in [3.05, 3.63) is 47.1 Å². The summed E-state index contributed by atoms with van der Waals surface area (Å²) in [7, 11) is 1.84. The summed E-state index contributed by atoms with van der Waals surface area (Å²) in [5, 5.41) is 7.04. The fourth-order valence-corrected chi connectivity index (χ4v) is 1.66. The Kier molecular flexibility index (Phi) is 3.49. The van der Waals surface area contributed by atoms with Crippen LogP contribution < -0.4 is 10.6 Å². The van der Waals surface area contributed by atoms with Crippen molar-refractivity contribution in [2.45, 2.75) is 6.92 Å². The molecule has 0 amide bonds. The first kappa shape index (κ1) is 11.7. The van der Waals surface area contributed by atoms with E-state index in [0.29, 0.717) is 0 Å². The Morgan fingerprint density at radius 1 is 1.12 bits per heavy atom. The molecule has 1 aromatic carbocycles. The van der Waals surface area contributed by atoms with Crippen LogP contribution in [0.4, 0.5) is 17.2 Å². The number of hydrogen-bond acceptors (Lipinski definition) is 3. The number of halogens is 1. The van der Waals surface area contributed by atoms with E-state index in [0.717, 1.165) is 27.8 Å². The second-order valence-electron chi connectivity index (χ2n) is 3.77. The van der Waals surface area contributed by atoms with E-state index in [2.05, 4.69) is 15.6 Å². The number of pyridine rings is 1. The van der Waals surface area contributed by atoms with Gasteiger partial charge in [-0.25, -0.2) is 4.98 Å². The molecule has 0 atom stereocenters. The average Bonchev–Trinajstić information content (AvgIpc) is 2.34. The molecule has 4 heteroatoms. The summed E-state index contributed by atoms with van der Waals surface area (Å²) in [6.07, 6.45) is 1.75. The number of benzene rings is 1. The number of aryl methyl sites for hydroxylation is 1. The lowest BCUT2D eigenvalue weighted by molar-refractivity contribution is 1.28. The van der Waals surface area contributed by atoms with Gasteiger partial charge in [-0.2, -0.15) is 0 Å². The monoisotopic (exact) mass is 247 g/mol. The Morgan fingerprint density at radius 2 is 1.88 bits per heavy atom. The summed E-state index contributed by atoms with van der Waals surface area (Å²) in [5.74, 6) is 0.827. The molecule has 2 N–H and O–H groups in total. The Balaban J connectivity index is 2.22. The summed E-state index contributed by atoms with van der Waals surface area (Å²) >= 11 is 6.07. The molecule has 0 bridgehead atoms. The van der Waals surface area contributed by atoms with Gasteiger partial charge in [0, 0.05) is 35.7 Å². The molecular formula is C13H14ClN3. The fourth-order valence-electron chi connectivity index (χ4n) is 1.48. The lowest BCUT2D eigenvalue weighted by Gasteiger charge is -2.09. The molecule has 2 aromatic rings. The van der Waals surface area contributed by atoms with Crippen LogP contribution >= 0.6 is 11.6 Å². The summed E-state index contributed by atoms with van der Waals surface area (Å²) in [5.41, 5.74) is 3.01. The van der Waals surface area contributed by atoms with Crippen molar-refractivity contribution < 1.29 is 0 Å². The quantitative estimate of drug-likeness (QED) is 0.866. The van der Waals surface area contributed by atoms with Gasteiger partial charge < -0.3 is 10.6 Å². The van der Waals surface area contributed by atoms with Crippen molar-refractivity contribution in [2.75, 3.05) is 17.7 Å².